The van der Waals surface area contributed by atoms with Gasteiger partial charge in [-0.05, 0) is 12.0 Å². The third-order valence-corrected chi connectivity index (χ3v) is 4.80. The Morgan fingerprint density at radius 3 is 2.61 bits per heavy atom. The van der Waals surface area contributed by atoms with Crippen molar-refractivity contribution in [3.8, 4) is 5.69 Å². The first kappa shape index (κ1) is 22.2. The molecule has 0 bridgehead atoms. The summed E-state index contributed by atoms with van der Waals surface area (Å²) in [6.07, 6.45) is 3.60. The average Bonchev–Trinajstić information content (AvgIpc) is 3.25. The van der Waals surface area contributed by atoms with Crippen LogP contribution in [0, 0.1) is 11.6 Å². The lowest BCUT2D eigenvalue weighted by atomic mass is 9.98. The van der Waals surface area contributed by atoms with Crippen LogP contribution in [0.15, 0.2) is 24.4 Å². The fourth-order valence-electron chi connectivity index (χ4n) is 3.02. The Hall–Kier alpha value is -3.54. The summed E-state index contributed by atoms with van der Waals surface area (Å²) in [5.41, 5.74) is 0.724. The smallest absolute Gasteiger partial charge is 0.396 e. The van der Waals surface area contributed by atoms with Crippen LogP contribution in [0.3, 0.4) is 0 Å². The average molecular weight is 449 g/mol. The molecule has 12 heteroatoms. The van der Waals surface area contributed by atoms with E-state index in [-0.39, 0.29) is 42.3 Å². The van der Waals surface area contributed by atoms with Crippen molar-refractivity contribution in [2.75, 3.05) is 20.2 Å². The summed E-state index contributed by atoms with van der Waals surface area (Å²) >= 11 is 4.72. The third kappa shape index (κ3) is 4.97. The van der Waals surface area contributed by atoms with Crippen LogP contribution in [0.4, 0.5) is 8.78 Å². The summed E-state index contributed by atoms with van der Waals surface area (Å²) in [5, 5.41) is 10.3. The lowest BCUT2D eigenvalue weighted by molar-refractivity contribution is -0.157. The summed E-state index contributed by atoms with van der Waals surface area (Å²) in [5.74, 6) is -3.40. The van der Waals surface area contributed by atoms with E-state index in [1.807, 2.05) is 0 Å². The van der Waals surface area contributed by atoms with Gasteiger partial charge in [0.2, 0.25) is 0 Å². The molecule has 1 aliphatic rings. The molecule has 0 saturated carbocycles. The maximum Gasteiger partial charge on any atom is 0.396 e. The summed E-state index contributed by atoms with van der Waals surface area (Å²) in [6, 6.07) is 2.24. The predicted molar refractivity (Wildman–Crippen MR) is 108 cm³/mol. The van der Waals surface area contributed by atoms with Crippen molar-refractivity contribution in [2.24, 2.45) is 0 Å². The third-order valence-electron chi connectivity index (χ3n) is 4.56. The van der Waals surface area contributed by atoms with E-state index in [1.54, 1.807) is 0 Å². The van der Waals surface area contributed by atoms with E-state index in [9.17, 15) is 23.2 Å². The van der Waals surface area contributed by atoms with E-state index in [0.29, 0.717) is 17.6 Å². The number of hydrogen-bond acceptors (Lipinski definition) is 7. The molecule has 0 unspecified atom stereocenters. The molecule has 1 aromatic heterocycles. The molecular formula is C19H17F2N5O4S. The molecule has 1 N–H and O–H groups in total. The van der Waals surface area contributed by atoms with Gasteiger partial charge >= 0.3 is 11.9 Å². The highest BCUT2D eigenvalue weighted by molar-refractivity contribution is 7.81. The van der Waals surface area contributed by atoms with Crippen LogP contribution in [-0.2, 0) is 25.7 Å². The first-order valence-electron chi connectivity index (χ1n) is 9.04. The zero-order valence-electron chi connectivity index (χ0n) is 16.3. The van der Waals surface area contributed by atoms with Crippen LogP contribution in [-0.4, -0.2) is 63.2 Å². The number of nitrogens with one attached hydrogen (secondary N) is 1. The highest BCUT2D eigenvalue weighted by atomic mass is 32.1. The molecule has 0 saturated heterocycles. The standard InChI is InChI=1S/C19H17F2N5O4S/c1-30-19(29)18(28)25-4-2-11(3-5-25)17-14(20)6-13(7-15(17)21)26-9-12(23-24-26)8-22-16(31)10-27/h2,6-7,9-10H,3-5,8H2,1H3,(H,22,31). The number of benzene rings is 1. The summed E-state index contributed by atoms with van der Waals surface area (Å²) < 4.78 is 35.1. The minimum Gasteiger partial charge on any atom is -0.462 e. The summed E-state index contributed by atoms with van der Waals surface area (Å²) in [7, 11) is 1.10. The number of aromatic nitrogens is 3. The quantitative estimate of drug-likeness (QED) is 0.311. The Balaban J connectivity index is 1.77. The van der Waals surface area contributed by atoms with Crippen molar-refractivity contribution in [3.63, 3.8) is 0 Å². The van der Waals surface area contributed by atoms with E-state index >= 15 is 0 Å². The SMILES string of the molecule is COC(=O)C(=O)N1CC=C(c2c(F)cc(-n3cc(CNC(=S)C=O)nn3)cc2F)CC1. The molecular weight excluding hydrogens is 432 g/mol. The van der Waals surface area contributed by atoms with E-state index in [0.717, 1.165) is 19.2 Å². The van der Waals surface area contributed by atoms with Gasteiger partial charge < -0.3 is 15.0 Å². The predicted octanol–water partition coefficient (Wildman–Crippen LogP) is 0.950. The molecule has 1 amide bonds. The first-order valence-corrected chi connectivity index (χ1v) is 9.45. The molecule has 0 fully saturated rings. The molecule has 31 heavy (non-hydrogen) atoms. The summed E-state index contributed by atoms with van der Waals surface area (Å²) in [6.45, 7) is 0.294. The van der Waals surface area contributed by atoms with Gasteiger partial charge in [-0.3, -0.25) is 9.59 Å². The number of hydrogen-bond donors (Lipinski definition) is 1. The van der Waals surface area contributed by atoms with Gasteiger partial charge in [0.1, 0.15) is 22.3 Å². The zero-order valence-corrected chi connectivity index (χ0v) is 17.1. The number of aldehydes is 1. The Labute approximate surface area is 180 Å². The number of ether oxygens (including phenoxy) is 1. The van der Waals surface area contributed by atoms with Gasteiger partial charge in [0.25, 0.3) is 0 Å². The molecule has 0 aliphatic carbocycles. The van der Waals surface area contributed by atoms with Crippen LogP contribution in [0.2, 0.25) is 0 Å². The van der Waals surface area contributed by atoms with Crippen LogP contribution in [0.25, 0.3) is 11.3 Å². The van der Waals surface area contributed by atoms with E-state index in [4.69, 9.17) is 12.2 Å². The van der Waals surface area contributed by atoms with Crippen LogP contribution >= 0.6 is 12.2 Å². The topological polar surface area (TPSA) is 106 Å². The number of thiocarbonyl (C=S) groups is 1. The molecule has 3 rings (SSSR count). The number of methoxy groups -OCH3 is 1. The van der Waals surface area contributed by atoms with Crippen LogP contribution in [0.5, 0.6) is 0 Å². The molecule has 2 aromatic rings. The molecule has 1 aliphatic heterocycles. The number of amides is 1. The molecule has 1 aromatic carbocycles. The second-order valence-electron chi connectivity index (χ2n) is 6.50. The maximum absolute atomic E-state index is 14.8. The van der Waals surface area contributed by atoms with E-state index in [1.165, 1.54) is 21.9 Å². The number of carbonyl (C=O) groups excluding carboxylic acids is 3. The van der Waals surface area contributed by atoms with Crippen molar-refractivity contribution in [1.29, 1.82) is 0 Å². The van der Waals surface area contributed by atoms with Gasteiger partial charge in [-0.25, -0.2) is 18.3 Å². The largest absolute Gasteiger partial charge is 0.462 e. The maximum atomic E-state index is 14.8. The monoisotopic (exact) mass is 449 g/mol. The molecule has 0 radical (unpaired) electrons. The van der Waals surface area contributed by atoms with Crippen molar-refractivity contribution < 1.29 is 27.9 Å². The highest BCUT2D eigenvalue weighted by Crippen LogP contribution is 2.29. The number of halogens is 2. The number of esters is 1. The molecule has 0 atom stereocenters. The van der Waals surface area contributed by atoms with Gasteiger partial charge in [0.05, 0.1) is 25.5 Å². The molecule has 2 heterocycles. The van der Waals surface area contributed by atoms with Crippen molar-refractivity contribution in [2.45, 2.75) is 13.0 Å². The van der Waals surface area contributed by atoms with Crippen molar-refractivity contribution in [1.82, 2.24) is 25.2 Å². The van der Waals surface area contributed by atoms with Gasteiger partial charge in [-0.2, -0.15) is 0 Å². The minimum absolute atomic E-state index is 0.00333. The lowest BCUT2D eigenvalue weighted by Gasteiger charge is -2.25. The Morgan fingerprint density at radius 2 is 2.03 bits per heavy atom. The van der Waals surface area contributed by atoms with Crippen LogP contribution < -0.4 is 5.32 Å². The van der Waals surface area contributed by atoms with Crippen molar-refractivity contribution in [3.05, 3.63) is 47.3 Å². The Bertz CT molecular complexity index is 1060. The molecule has 9 nitrogen and oxygen atoms in total. The molecule has 0 spiro atoms. The number of nitrogens with zero attached hydrogens (tertiary/aromatic N) is 4. The van der Waals surface area contributed by atoms with Crippen molar-refractivity contribution >= 4 is 40.9 Å². The highest BCUT2D eigenvalue weighted by Gasteiger charge is 2.26. The fraction of sp³-hybridized carbons (Fsp3) is 0.263. The normalized spacial score (nSPS) is 13.4. The Kier molecular flexibility index (Phi) is 6.80. The first-order chi connectivity index (χ1) is 14.8. The number of carbonyl (C=O) groups is 3. The second kappa shape index (κ2) is 9.51. The number of rotatable bonds is 5. The zero-order chi connectivity index (χ0) is 22.5. The Morgan fingerprint density at radius 1 is 1.32 bits per heavy atom. The van der Waals surface area contributed by atoms with Crippen LogP contribution in [0.1, 0.15) is 17.7 Å². The van der Waals surface area contributed by atoms with Gasteiger partial charge in [0.15, 0.2) is 6.29 Å². The molecule has 162 valence electrons. The summed E-state index contributed by atoms with van der Waals surface area (Å²) in [4.78, 5) is 34.9. The van der Waals surface area contributed by atoms with Gasteiger partial charge in [0, 0.05) is 30.8 Å². The lowest BCUT2D eigenvalue weighted by Crippen LogP contribution is -2.39. The van der Waals surface area contributed by atoms with E-state index < -0.39 is 23.5 Å². The minimum atomic E-state index is -0.992. The van der Waals surface area contributed by atoms with Gasteiger partial charge in [-0.1, -0.05) is 23.5 Å². The van der Waals surface area contributed by atoms with Gasteiger partial charge in [-0.15, -0.1) is 5.10 Å². The fourth-order valence-corrected chi connectivity index (χ4v) is 3.09. The second-order valence-corrected chi connectivity index (χ2v) is 6.94. The van der Waals surface area contributed by atoms with E-state index in [2.05, 4.69) is 20.4 Å².